The van der Waals surface area contributed by atoms with Gasteiger partial charge >= 0.3 is 0 Å². The Morgan fingerprint density at radius 3 is 1.46 bits per heavy atom. The molecule has 28 heavy (non-hydrogen) atoms. The van der Waals surface area contributed by atoms with Crippen LogP contribution in [0.4, 0.5) is 0 Å². The minimum atomic E-state index is 0.0751. The topological polar surface area (TPSA) is 99.7 Å². The number of rotatable bonds is 4. The number of nitrogen functional groups attached to an aromatic ring is 2. The molecule has 0 heterocycles. The maximum Gasteiger partial charge on any atom is 0.122 e. The van der Waals surface area contributed by atoms with Gasteiger partial charge in [0.25, 0.3) is 0 Å². The first kappa shape index (κ1) is 17.5. The van der Waals surface area contributed by atoms with Crippen molar-refractivity contribution < 1.29 is 0 Å². The minimum Gasteiger partial charge on any atom is -0.384 e. The summed E-state index contributed by atoms with van der Waals surface area (Å²) in [6.45, 7) is 0. The molecule has 4 aromatic carbocycles. The van der Waals surface area contributed by atoms with Gasteiger partial charge in [0, 0.05) is 11.1 Å². The van der Waals surface area contributed by atoms with Gasteiger partial charge in [-0.3, -0.25) is 10.8 Å². The van der Waals surface area contributed by atoms with E-state index in [0.29, 0.717) is 0 Å². The molecular formula is C24H20N4. The minimum absolute atomic E-state index is 0.0751. The first-order valence-corrected chi connectivity index (χ1v) is 8.95. The first-order valence-electron chi connectivity index (χ1n) is 8.95. The average Bonchev–Trinajstić information content (AvgIpc) is 2.73. The van der Waals surface area contributed by atoms with Crippen molar-refractivity contribution in [1.29, 1.82) is 10.8 Å². The highest BCUT2D eigenvalue weighted by molar-refractivity contribution is 6.00. The van der Waals surface area contributed by atoms with Crippen LogP contribution in [0.5, 0.6) is 0 Å². The number of benzene rings is 4. The Hall–Kier alpha value is -3.92. The summed E-state index contributed by atoms with van der Waals surface area (Å²) in [7, 11) is 0. The molecule has 0 aliphatic heterocycles. The SMILES string of the molecule is N=C(N)c1ccc(-c2ccc(-c3ccc4ccc(C(=N)N)cc4c3)cc2)cc1. The Morgan fingerprint density at radius 1 is 0.464 bits per heavy atom. The Bertz CT molecular complexity index is 1190. The monoisotopic (exact) mass is 364 g/mol. The highest BCUT2D eigenvalue weighted by Gasteiger charge is 2.04. The summed E-state index contributed by atoms with van der Waals surface area (Å²) in [6, 6.07) is 28.2. The van der Waals surface area contributed by atoms with Gasteiger partial charge in [0.05, 0.1) is 0 Å². The van der Waals surface area contributed by atoms with Crippen LogP contribution in [0.2, 0.25) is 0 Å². The zero-order valence-corrected chi connectivity index (χ0v) is 15.2. The second kappa shape index (κ2) is 7.00. The molecule has 4 aromatic rings. The summed E-state index contributed by atoms with van der Waals surface area (Å²) < 4.78 is 0. The van der Waals surface area contributed by atoms with Gasteiger partial charge in [-0.1, -0.05) is 72.8 Å². The van der Waals surface area contributed by atoms with Crippen molar-refractivity contribution in [2.75, 3.05) is 0 Å². The summed E-state index contributed by atoms with van der Waals surface area (Å²) in [5.74, 6) is 0.151. The van der Waals surface area contributed by atoms with Gasteiger partial charge in [0.15, 0.2) is 0 Å². The molecular weight excluding hydrogens is 344 g/mol. The number of nitrogens with two attached hydrogens (primary N) is 2. The third kappa shape index (κ3) is 3.35. The van der Waals surface area contributed by atoms with E-state index < -0.39 is 0 Å². The summed E-state index contributed by atoms with van der Waals surface area (Å²) in [4.78, 5) is 0. The average molecular weight is 364 g/mol. The van der Waals surface area contributed by atoms with Crippen LogP contribution in [0.25, 0.3) is 33.0 Å². The fourth-order valence-electron chi connectivity index (χ4n) is 3.29. The number of nitrogens with one attached hydrogen (secondary N) is 2. The zero-order chi connectivity index (χ0) is 19.7. The van der Waals surface area contributed by atoms with Crippen LogP contribution < -0.4 is 11.5 Å². The number of hydrogen-bond acceptors (Lipinski definition) is 2. The summed E-state index contributed by atoms with van der Waals surface area (Å²) in [5, 5.41) is 17.3. The largest absolute Gasteiger partial charge is 0.384 e. The quantitative estimate of drug-likeness (QED) is 0.310. The molecule has 0 saturated carbocycles. The van der Waals surface area contributed by atoms with Crippen molar-refractivity contribution >= 4 is 22.4 Å². The third-order valence-corrected chi connectivity index (χ3v) is 4.90. The lowest BCUT2D eigenvalue weighted by molar-refractivity contribution is 1.42. The van der Waals surface area contributed by atoms with Crippen LogP contribution in [0.3, 0.4) is 0 Å². The van der Waals surface area contributed by atoms with Gasteiger partial charge in [0.2, 0.25) is 0 Å². The molecule has 0 aliphatic carbocycles. The maximum atomic E-state index is 7.63. The molecule has 4 rings (SSSR count). The summed E-state index contributed by atoms with van der Waals surface area (Å²) >= 11 is 0. The number of hydrogen-bond donors (Lipinski definition) is 4. The van der Waals surface area contributed by atoms with Crippen LogP contribution in [-0.4, -0.2) is 11.7 Å². The molecule has 0 bridgehead atoms. The normalized spacial score (nSPS) is 10.7. The van der Waals surface area contributed by atoms with Crippen molar-refractivity contribution in [1.82, 2.24) is 0 Å². The van der Waals surface area contributed by atoms with Crippen LogP contribution in [0, 0.1) is 10.8 Å². The van der Waals surface area contributed by atoms with Gasteiger partial charge in [-0.05, 0) is 45.2 Å². The second-order valence-electron chi connectivity index (χ2n) is 6.76. The molecule has 0 unspecified atom stereocenters. The van der Waals surface area contributed by atoms with E-state index in [4.69, 9.17) is 22.3 Å². The van der Waals surface area contributed by atoms with Crippen molar-refractivity contribution in [3.05, 3.63) is 96.1 Å². The molecule has 0 radical (unpaired) electrons. The van der Waals surface area contributed by atoms with Crippen LogP contribution in [0.1, 0.15) is 11.1 Å². The number of amidine groups is 2. The lowest BCUT2D eigenvalue weighted by Gasteiger charge is -2.08. The van der Waals surface area contributed by atoms with E-state index in [1.54, 1.807) is 0 Å². The van der Waals surface area contributed by atoms with Gasteiger partial charge in [-0.2, -0.15) is 0 Å². The van der Waals surface area contributed by atoms with Crippen LogP contribution >= 0.6 is 0 Å². The second-order valence-corrected chi connectivity index (χ2v) is 6.76. The lowest BCUT2D eigenvalue weighted by Crippen LogP contribution is -2.10. The molecule has 0 aliphatic rings. The standard InChI is InChI=1S/C24H20N4/c25-23(26)19-9-5-16(6-10-19)15-1-3-17(4-2-15)20-11-7-18-8-12-21(24(27)28)14-22(18)13-20/h1-14H,(H3,25,26)(H3,27,28). The van der Waals surface area contributed by atoms with Crippen molar-refractivity contribution in [2.24, 2.45) is 11.5 Å². The van der Waals surface area contributed by atoms with E-state index in [-0.39, 0.29) is 11.7 Å². The Kier molecular flexibility index (Phi) is 4.38. The van der Waals surface area contributed by atoms with E-state index in [1.165, 1.54) is 0 Å². The fourth-order valence-corrected chi connectivity index (χ4v) is 3.29. The molecule has 0 aromatic heterocycles. The maximum absolute atomic E-state index is 7.63. The summed E-state index contributed by atoms with van der Waals surface area (Å²) in [5.41, 5.74) is 17.0. The van der Waals surface area contributed by atoms with Gasteiger partial charge in [-0.25, -0.2) is 0 Å². The van der Waals surface area contributed by atoms with E-state index in [9.17, 15) is 0 Å². The van der Waals surface area contributed by atoms with Crippen molar-refractivity contribution in [3.63, 3.8) is 0 Å². The molecule has 0 saturated heterocycles. The first-order chi connectivity index (χ1) is 13.5. The third-order valence-electron chi connectivity index (χ3n) is 4.90. The van der Waals surface area contributed by atoms with Crippen LogP contribution in [-0.2, 0) is 0 Å². The van der Waals surface area contributed by atoms with E-state index in [1.807, 2.05) is 42.5 Å². The van der Waals surface area contributed by atoms with Crippen LogP contribution in [0.15, 0.2) is 84.9 Å². The Labute approximate surface area is 163 Å². The Balaban J connectivity index is 1.66. The van der Waals surface area contributed by atoms with Crippen molar-refractivity contribution in [2.45, 2.75) is 0 Å². The number of fused-ring (bicyclic) bond motifs is 1. The smallest absolute Gasteiger partial charge is 0.122 e. The molecule has 6 N–H and O–H groups in total. The predicted octanol–water partition coefficient (Wildman–Crippen LogP) is 4.74. The van der Waals surface area contributed by atoms with E-state index in [2.05, 4.69) is 42.5 Å². The molecule has 0 spiro atoms. The molecule has 0 atom stereocenters. The van der Waals surface area contributed by atoms with Gasteiger partial charge in [0.1, 0.15) is 11.7 Å². The molecule has 4 nitrogen and oxygen atoms in total. The summed E-state index contributed by atoms with van der Waals surface area (Å²) in [6.07, 6.45) is 0. The molecule has 0 fully saturated rings. The fraction of sp³-hybridized carbons (Fsp3) is 0. The molecule has 4 heteroatoms. The predicted molar refractivity (Wildman–Crippen MR) is 117 cm³/mol. The molecule has 0 amide bonds. The van der Waals surface area contributed by atoms with E-state index in [0.717, 1.165) is 44.2 Å². The molecule has 136 valence electrons. The lowest BCUT2D eigenvalue weighted by atomic mass is 9.97. The van der Waals surface area contributed by atoms with Crippen molar-refractivity contribution in [3.8, 4) is 22.3 Å². The van der Waals surface area contributed by atoms with E-state index >= 15 is 0 Å². The highest BCUT2D eigenvalue weighted by Crippen LogP contribution is 2.28. The van der Waals surface area contributed by atoms with Gasteiger partial charge in [-0.15, -0.1) is 0 Å². The Morgan fingerprint density at radius 2 is 0.893 bits per heavy atom. The zero-order valence-electron chi connectivity index (χ0n) is 15.2. The highest BCUT2D eigenvalue weighted by atomic mass is 14.7. The van der Waals surface area contributed by atoms with Gasteiger partial charge < -0.3 is 11.5 Å².